The van der Waals surface area contributed by atoms with Gasteiger partial charge >= 0.3 is 0 Å². The molecule has 0 radical (unpaired) electrons. The summed E-state index contributed by atoms with van der Waals surface area (Å²) < 4.78 is 10.6. The minimum Gasteiger partial charge on any atom is -0.454 e. The summed E-state index contributed by atoms with van der Waals surface area (Å²) >= 11 is 0. The Hall–Kier alpha value is -3.54. The summed E-state index contributed by atoms with van der Waals surface area (Å²) in [6.45, 7) is 1.03. The second-order valence-electron chi connectivity index (χ2n) is 6.47. The van der Waals surface area contributed by atoms with Gasteiger partial charge in [0.25, 0.3) is 5.91 Å². The standard InChI is InChI=1S/C22H21N3O3/c26-22(25-18-9-10-19-20(13-18)28-15-27-19)17-8-11-21(24-14-17)23-12-4-7-16-5-2-1-3-6-16/h1-3,5-6,8-11,13-14H,4,7,12,15H2,(H,23,24)(H,25,26). The van der Waals surface area contributed by atoms with E-state index in [1.165, 1.54) is 5.56 Å². The van der Waals surface area contributed by atoms with Crippen molar-refractivity contribution in [2.45, 2.75) is 12.8 Å². The lowest BCUT2D eigenvalue weighted by atomic mass is 10.1. The number of nitrogens with zero attached hydrogens (tertiary/aromatic N) is 1. The number of carbonyl (C=O) groups is 1. The number of aryl methyl sites for hydroxylation is 1. The fraction of sp³-hybridized carbons (Fsp3) is 0.182. The molecule has 2 aromatic carbocycles. The molecule has 0 bridgehead atoms. The summed E-state index contributed by atoms with van der Waals surface area (Å²) in [5.41, 5.74) is 2.47. The highest BCUT2D eigenvalue weighted by Gasteiger charge is 2.14. The molecule has 0 saturated carbocycles. The number of hydrogen-bond donors (Lipinski definition) is 2. The van der Waals surface area contributed by atoms with Crippen molar-refractivity contribution in [3.8, 4) is 11.5 Å². The van der Waals surface area contributed by atoms with E-state index in [0.717, 1.165) is 25.2 Å². The summed E-state index contributed by atoms with van der Waals surface area (Å²) in [5.74, 6) is 1.85. The molecule has 2 N–H and O–H groups in total. The van der Waals surface area contributed by atoms with Gasteiger partial charge in [0, 0.05) is 24.5 Å². The number of aromatic nitrogens is 1. The summed E-state index contributed by atoms with van der Waals surface area (Å²) in [6.07, 6.45) is 3.60. The molecule has 6 nitrogen and oxygen atoms in total. The van der Waals surface area contributed by atoms with Gasteiger partial charge in [-0.05, 0) is 42.7 Å². The molecule has 4 rings (SSSR count). The van der Waals surface area contributed by atoms with Crippen LogP contribution in [-0.4, -0.2) is 24.2 Å². The van der Waals surface area contributed by atoms with Gasteiger partial charge in [-0.3, -0.25) is 4.79 Å². The van der Waals surface area contributed by atoms with E-state index >= 15 is 0 Å². The van der Waals surface area contributed by atoms with E-state index in [9.17, 15) is 4.79 Å². The quantitative estimate of drug-likeness (QED) is 0.608. The molecule has 1 aromatic heterocycles. The molecule has 3 aromatic rings. The Morgan fingerprint density at radius 2 is 1.86 bits per heavy atom. The Labute approximate surface area is 163 Å². The van der Waals surface area contributed by atoms with Crippen LogP contribution in [0.25, 0.3) is 0 Å². The Kier molecular flexibility index (Phi) is 5.38. The minimum atomic E-state index is -0.220. The number of ether oxygens (including phenoxy) is 2. The average Bonchev–Trinajstić information content (AvgIpc) is 3.20. The molecular weight excluding hydrogens is 354 g/mol. The first kappa shape index (κ1) is 17.9. The second-order valence-corrected chi connectivity index (χ2v) is 6.47. The number of pyridine rings is 1. The van der Waals surface area contributed by atoms with E-state index in [-0.39, 0.29) is 12.7 Å². The van der Waals surface area contributed by atoms with Crippen LogP contribution in [0.1, 0.15) is 22.3 Å². The van der Waals surface area contributed by atoms with Crippen LogP contribution in [0.3, 0.4) is 0 Å². The van der Waals surface area contributed by atoms with Crippen molar-refractivity contribution in [2.24, 2.45) is 0 Å². The number of carbonyl (C=O) groups excluding carboxylic acids is 1. The van der Waals surface area contributed by atoms with Crippen molar-refractivity contribution >= 4 is 17.4 Å². The monoisotopic (exact) mass is 375 g/mol. The predicted octanol–water partition coefficient (Wildman–Crippen LogP) is 4.11. The highest BCUT2D eigenvalue weighted by atomic mass is 16.7. The zero-order valence-electron chi connectivity index (χ0n) is 15.4. The molecule has 0 fully saturated rings. The fourth-order valence-corrected chi connectivity index (χ4v) is 2.96. The highest BCUT2D eigenvalue weighted by molar-refractivity contribution is 6.04. The summed E-state index contributed by atoms with van der Waals surface area (Å²) in [5, 5.41) is 6.13. The Morgan fingerprint density at radius 3 is 2.68 bits per heavy atom. The van der Waals surface area contributed by atoms with Crippen LogP contribution >= 0.6 is 0 Å². The first-order chi connectivity index (χ1) is 13.8. The predicted molar refractivity (Wildman–Crippen MR) is 108 cm³/mol. The zero-order chi connectivity index (χ0) is 19.2. The third-order valence-electron chi connectivity index (χ3n) is 4.45. The van der Waals surface area contributed by atoms with Crippen LogP contribution in [0.4, 0.5) is 11.5 Å². The Morgan fingerprint density at radius 1 is 1.00 bits per heavy atom. The number of anilines is 2. The molecule has 0 atom stereocenters. The molecule has 6 heteroatoms. The Balaban J connectivity index is 1.27. The topological polar surface area (TPSA) is 72.5 Å². The second kappa shape index (κ2) is 8.43. The smallest absolute Gasteiger partial charge is 0.257 e. The van der Waals surface area contributed by atoms with Gasteiger partial charge in [0.2, 0.25) is 6.79 Å². The van der Waals surface area contributed by atoms with E-state index in [0.29, 0.717) is 22.7 Å². The van der Waals surface area contributed by atoms with Gasteiger partial charge < -0.3 is 20.1 Å². The first-order valence-electron chi connectivity index (χ1n) is 9.23. The van der Waals surface area contributed by atoms with E-state index < -0.39 is 0 Å². The average molecular weight is 375 g/mol. The van der Waals surface area contributed by atoms with Crippen LogP contribution < -0.4 is 20.1 Å². The molecule has 1 amide bonds. The maximum atomic E-state index is 12.4. The molecule has 0 unspecified atom stereocenters. The van der Waals surface area contributed by atoms with E-state index in [4.69, 9.17) is 9.47 Å². The molecule has 0 saturated heterocycles. The Bertz CT molecular complexity index is 943. The molecule has 2 heterocycles. The van der Waals surface area contributed by atoms with E-state index in [1.54, 1.807) is 30.5 Å². The van der Waals surface area contributed by atoms with Gasteiger partial charge in [-0.1, -0.05) is 30.3 Å². The van der Waals surface area contributed by atoms with Gasteiger partial charge in [-0.2, -0.15) is 0 Å². The number of nitrogens with one attached hydrogen (secondary N) is 2. The number of amides is 1. The van der Waals surface area contributed by atoms with E-state index in [1.807, 2.05) is 12.1 Å². The van der Waals surface area contributed by atoms with Crippen molar-refractivity contribution < 1.29 is 14.3 Å². The maximum absolute atomic E-state index is 12.4. The molecule has 0 spiro atoms. The molecular formula is C22H21N3O3. The summed E-state index contributed by atoms with van der Waals surface area (Å²) in [6, 6.07) is 19.3. The van der Waals surface area contributed by atoms with E-state index in [2.05, 4.69) is 39.9 Å². The lowest BCUT2D eigenvalue weighted by molar-refractivity contribution is 0.102. The van der Waals surface area contributed by atoms with Crippen molar-refractivity contribution in [1.82, 2.24) is 4.98 Å². The number of hydrogen-bond acceptors (Lipinski definition) is 5. The third-order valence-corrected chi connectivity index (χ3v) is 4.45. The SMILES string of the molecule is O=C(Nc1ccc2c(c1)OCO2)c1ccc(NCCCc2ccccc2)nc1. The van der Waals surface area contributed by atoms with Gasteiger partial charge in [0.05, 0.1) is 5.56 Å². The van der Waals surface area contributed by atoms with Crippen molar-refractivity contribution in [1.29, 1.82) is 0 Å². The van der Waals surface area contributed by atoms with Crippen LogP contribution in [0, 0.1) is 0 Å². The van der Waals surface area contributed by atoms with Crippen LogP contribution in [-0.2, 0) is 6.42 Å². The lowest BCUT2D eigenvalue weighted by Crippen LogP contribution is -2.12. The van der Waals surface area contributed by atoms with Crippen LogP contribution in [0.15, 0.2) is 66.9 Å². The van der Waals surface area contributed by atoms with Crippen molar-refractivity contribution in [3.63, 3.8) is 0 Å². The van der Waals surface area contributed by atoms with Gasteiger partial charge in [-0.15, -0.1) is 0 Å². The first-order valence-corrected chi connectivity index (χ1v) is 9.23. The van der Waals surface area contributed by atoms with Gasteiger partial charge in [0.15, 0.2) is 11.5 Å². The van der Waals surface area contributed by atoms with Gasteiger partial charge in [-0.25, -0.2) is 4.98 Å². The normalized spacial score (nSPS) is 11.9. The van der Waals surface area contributed by atoms with Gasteiger partial charge in [0.1, 0.15) is 5.82 Å². The lowest BCUT2D eigenvalue weighted by Gasteiger charge is -2.08. The summed E-state index contributed by atoms with van der Waals surface area (Å²) in [7, 11) is 0. The number of fused-ring (bicyclic) bond motifs is 1. The minimum absolute atomic E-state index is 0.205. The molecule has 142 valence electrons. The zero-order valence-corrected chi connectivity index (χ0v) is 15.4. The van der Waals surface area contributed by atoms with Crippen molar-refractivity contribution in [2.75, 3.05) is 24.0 Å². The molecule has 1 aliphatic rings. The molecule has 0 aliphatic carbocycles. The molecule has 28 heavy (non-hydrogen) atoms. The third kappa shape index (κ3) is 4.40. The fourth-order valence-electron chi connectivity index (χ4n) is 2.96. The van der Waals surface area contributed by atoms with Crippen LogP contribution in [0.5, 0.6) is 11.5 Å². The highest BCUT2D eigenvalue weighted by Crippen LogP contribution is 2.34. The number of rotatable bonds is 7. The number of benzene rings is 2. The largest absolute Gasteiger partial charge is 0.454 e. The van der Waals surface area contributed by atoms with Crippen molar-refractivity contribution in [3.05, 3.63) is 78.0 Å². The molecule has 1 aliphatic heterocycles. The van der Waals surface area contributed by atoms with Crippen LogP contribution in [0.2, 0.25) is 0 Å². The maximum Gasteiger partial charge on any atom is 0.257 e. The summed E-state index contributed by atoms with van der Waals surface area (Å²) in [4.78, 5) is 16.7.